The smallest absolute Gasteiger partial charge is 0.126 e. The third-order valence-corrected chi connectivity index (χ3v) is 3.19. The van der Waals surface area contributed by atoms with Crippen LogP contribution in [0.15, 0.2) is 36.4 Å². The number of rotatable bonds is 6. The highest BCUT2D eigenvalue weighted by Crippen LogP contribution is 2.18. The SMILES string of the molecule is CNc1ccc(Cl)c(COCc2ccc(OC)cc2)n1. The van der Waals surface area contributed by atoms with E-state index in [0.717, 1.165) is 22.8 Å². The molecule has 0 saturated heterocycles. The number of aromatic nitrogens is 1. The lowest BCUT2D eigenvalue weighted by Crippen LogP contribution is -2.00. The van der Waals surface area contributed by atoms with Gasteiger partial charge < -0.3 is 14.8 Å². The molecule has 0 saturated carbocycles. The zero-order chi connectivity index (χ0) is 14.4. The van der Waals surface area contributed by atoms with E-state index in [1.807, 2.05) is 43.4 Å². The molecule has 0 aliphatic rings. The maximum Gasteiger partial charge on any atom is 0.126 e. The van der Waals surface area contributed by atoms with Crippen molar-refractivity contribution in [3.8, 4) is 5.75 Å². The molecule has 0 fully saturated rings. The first kappa shape index (κ1) is 14.6. The zero-order valence-corrected chi connectivity index (χ0v) is 12.3. The van der Waals surface area contributed by atoms with Crippen LogP contribution in [-0.4, -0.2) is 19.1 Å². The number of halogens is 1. The molecule has 1 heterocycles. The van der Waals surface area contributed by atoms with Gasteiger partial charge in [-0.25, -0.2) is 4.98 Å². The predicted molar refractivity (Wildman–Crippen MR) is 80.3 cm³/mol. The number of hydrogen-bond donors (Lipinski definition) is 1. The molecule has 1 aromatic heterocycles. The van der Waals surface area contributed by atoms with Crippen molar-refractivity contribution in [2.45, 2.75) is 13.2 Å². The number of hydrogen-bond acceptors (Lipinski definition) is 4. The highest BCUT2D eigenvalue weighted by molar-refractivity contribution is 6.31. The third kappa shape index (κ3) is 3.85. The minimum atomic E-state index is 0.375. The van der Waals surface area contributed by atoms with E-state index in [1.165, 1.54) is 0 Å². The van der Waals surface area contributed by atoms with Gasteiger partial charge in [0.15, 0.2) is 0 Å². The first-order valence-electron chi connectivity index (χ1n) is 6.27. The molecule has 0 aliphatic carbocycles. The molecule has 20 heavy (non-hydrogen) atoms. The van der Waals surface area contributed by atoms with Gasteiger partial charge in [0.25, 0.3) is 0 Å². The summed E-state index contributed by atoms with van der Waals surface area (Å²) in [5, 5.41) is 3.59. The van der Waals surface area contributed by atoms with Gasteiger partial charge >= 0.3 is 0 Å². The molecule has 0 atom stereocenters. The average molecular weight is 293 g/mol. The van der Waals surface area contributed by atoms with E-state index in [-0.39, 0.29) is 0 Å². The monoisotopic (exact) mass is 292 g/mol. The molecule has 0 spiro atoms. The van der Waals surface area contributed by atoms with Crippen LogP contribution in [0.25, 0.3) is 0 Å². The Morgan fingerprint density at radius 1 is 1.10 bits per heavy atom. The molecular formula is C15H17ClN2O2. The number of nitrogens with one attached hydrogen (secondary N) is 1. The summed E-state index contributed by atoms with van der Waals surface area (Å²) in [5.41, 5.74) is 1.80. The summed E-state index contributed by atoms with van der Waals surface area (Å²) in [7, 11) is 3.46. The van der Waals surface area contributed by atoms with Gasteiger partial charge in [-0.05, 0) is 29.8 Å². The van der Waals surface area contributed by atoms with Crippen LogP contribution in [0.2, 0.25) is 5.02 Å². The second-order valence-electron chi connectivity index (χ2n) is 4.22. The molecule has 1 N–H and O–H groups in total. The van der Waals surface area contributed by atoms with E-state index < -0.39 is 0 Å². The van der Waals surface area contributed by atoms with Gasteiger partial charge in [-0.2, -0.15) is 0 Å². The van der Waals surface area contributed by atoms with Crippen LogP contribution in [0, 0.1) is 0 Å². The molecule has 5 heteroatoms. The Morgan fingerprint density at radius 3 is 2.50 bits per heavy atom. The van der Waals surface area contributed by atoms with Crippen molar-refractivity contribution in [3.05, 3.63) is 52.7 Å². The Balaban J connectivity index is 1.91. The van der Waals surface area contributed by atoms with Gasteiger partial charge in [-0.1, -0.05) is 23.7 Å². The predicted octanol–water partition coefficient (Wildman–Crippen LogP) is 3.50. The van der Waals surface area contributed by atoms with Crippen molar-refractivity contribution in [2.75, 3.05) is 19.5 Å². The fraction of sp³-hybridized carbons (Fsp3) is 0.267. The van der Waals surface area contributed by atoms with Gasteiger partial charge in [0.05, 0.1) is 31.0 Å². The summed E-state index contributed by atoms with van der Waals surface area (Å²) in [6.45, 7) is 0.881. The number of ether oxygens (including phenoxy) is 2. The van der Waals surface area contributed by atoms with E-state index in [0.29, 0.717) is 18.2 Å². The molecule has 0 unspecified atom stereocenters. The first-order chi connectivity index (χ1) is 9.72. The molecule has 106 valence electrons. The standard InChI is InChI=1S/C15H17ClN2O2/c1-17-15-8-7-13(16)14(18-15)10-20-9-11-3-5-12(19-2)6-4-11/h3-8H,9-10H2,1-2H3,(H,17,18). The Morgan fingerprint density at radius 2 is 1.85 bits per heavy atom. The van der Waals surface area contributed by atoms with E-state index in [9.17, 15) is 0 Å². The van der Waals surface area contributed by atoms with Crippen molar-refractivity contribution in [2.24, 2.45) is 0 Å². The summed E-state index contributed by atoms with van der Waals surface area (Å²) < 4.78 is 10.8. The molecule has 2 rings (SSSR count). The van der Waals surface area contributed by atoms with Crippen molar-refractivity contribution >= 4 is 17.4 Å². The van der Waals surface area contributed by atoms with Crippen molar-refractivity contribution in [1.29, 1.82) is 0 Å². The van der Waals surface area contributed by atoms with E-state index in [4.69, 9.17) is 21.1 Å². The van der Waals surface area contributed by atoms with E-state index in [1.54, 1.807) is 7.11 Å². The fourth-order valence-electron chi connectivity index (χ4n) is 1.71. The first-order valence-corrected chi connectivity index (χ1v) is 6.64. The molecule has 0 bridgehead atoms. The van der Waals surface area contributed by atoms with E-state index in [2.05, 4.69) is 10.3 Å². The third-order valence-electron chi connectivity index (χ3n) is 2.84. The molecule has 2 aromatic rings. The van der Waals surface area contributed by atoms with Crippen LogP contribution < -0.4 is 10.1 Å². The number of nitrogens with zero attached hydrogens (tertiary/aromatic N) is 1. The lowest BCUT2D eigenvalue weighted by Gasteiger charge is -2.08. The fourth-order valence-corrected chi connectivity index (χ4v) is 1.87. The maximum atomic E-state index is 6.09. The highest BCUT2D eigenvalue weighted by Gasteiger charge is 2.04. The molecular weight excluding hydrogens is 276 g/mol. The minimum absolute atomic E-state index is 0.375. The van der Waals surface area contributed by atoms with Crippen molar-refractivity contribution < 1.29 is 9.47 Å². The van der Waals surface area contributed by atoms with Crippen LogP contribution in [0.1, 0.15) is 11.3 Å². The lowest BCUT2D eigenvalue weighted by molar-refractivity contribution is 0.105. The van der Waals surface area contributed by atoms with Gasteiger partial charge in [-0.3, -0.25) is 0 Å². The zero-order valence-electron chi connectivity index (χ0n) is 11.5. The Kier molecular flexibility index (Phi) is 5.21. The molecule has 0 radical (unpaired) electrons. The van der Waals surface area contributed by atoms with Crippen molar-refractivity contribution in [3.63, 3.8) is 0 Å². The normalized spacial score (nSPS) is 10.3. The topological polar surface area (TPSA) is 43.4 Å². The Bertz CT molecular complexity index is 558. The quantitative estimate of drug-likeness (QED) is 0.885. The number of methoxy groups -OCH3 is 1. The number of anilines is 1. The van der Waals surface area contributed by atoms with Crippen molar-refractivity contribution in [1.82, 2.24) is 4.98 Å². The summed E-state index contributed by atoms with van der Waals surface area (Å²) in [5.74, 6) is 1.61. The Hall–Kier alpha value is -1.78. The van der Waals surface area contributed by atoms with Crippen LogP contribution in [0.3, 0.4) is 0 Å². The second kappa shape index (κ2) is 7.12. The van der Waals surface area contributed by atoms with Crippen LogP contribution in [0.4, 0.5) is 5.82 Å². The summed E-state index contributed by atoms with van der Waals surface area (Å²) >= 11 is 6.09. The maximum absolute atomic E-state index is 6.09. The van der Waals surface area contributed by atoms with Gasteiger partial charge in [-0.15, -0.1) is 0 Å². The summed E-state index contributed by atoms with van der Waals surface area (Å²) in [4.78, 5) is 4.36. The van der Waals surface area contributed by atoms with Gasteiger partial charge in [0.1, 0.15) is 11.6 Å². The molecule has 4 nitrogen and oxygen atoms in total. The van der Waals surface area contributed by atoms with Gasteiger partial charge in [0, 0.05) is 7.05 Å². The molecule has 0 amide bonds. The largest absolute Gasteiger partial charge is 0.497 e. The highest BCUT2D eigenvalue weighted by atomic mass is 35.5. The van der Waals surface area contributed by atoms with Gasteiger partial charge in [0.2, 0.25) is 0 Å². The Labute approximate surface area is 123 Å². The second-order valence-corrected chi connectivity index (χ2v) is 4.62. The molecule has 1 aromatic carbocycles. The summed E-state index contributed by atoms with van der Waals surface area (Å²) in [6.07, 6.45) is 0. The lowest BCUT2D eigenvalue weighted by atomic mass is 10.2. The number of pyridine rings is 1. The minimum Gasteiger partial charge on any atom is -0.497 e. The van der Waals surface area contributed by atoms with Crippen LogP contribution in [-0.2, 0) is 18.0 Å². The molecule has 0 aliphatic heterocycles. The average Bonchev–Trinajstić information content (AvgIpc) is 2.50. The van der Waals surface area contributed by atoms with Crippen LogP contribution >= 0.6 is 11.6 Å². The van der Waals surface area contributed by atoms with E-state index >= 15 is 0 Å². The summed E-state index contributed by atoms with van der Waals surface area (Å²) in [6, 6.07) is 11.4. The number of benzene rings is 1. The van der Waals surface area contributed by atoms with Crippen LogP contribution in [0.5, 0.6) is 5.75 Å².